The molecular weight excluding hydrogens is 151 g/mol. The normalized spacial score (nSPS) is 12.5. The highest BCUT2D eigenvalue weighted by Crippen LogP contribution is 2.21. The number of hydrogen-bond acceptors (Lipinski definition) is 2. The van der Waals surface area contributed by atoms with E-state index >= 15 is 0 Å². The lowest BCUT2D eigenvalue weighted by Gasteiger charge is -1.98. The van der Waals surface area contributed by atoms with Gasteiger partial charge in [0.25, 0.3) is 0 Å². The lowest BCUT2D eigenvalue weighted by Crippen LogP contribution is -1.77. The van der Waals surface area contributed by atoms with E-state index in [1.54, 1.807) is 30.3 Å². The number of para-hydroxylation sites is 1. The van der Waals surface area contributed by atoms with Gasteiger partial charge in [0, 0.05) is 0 Å². The fraction of sp³-hybridized carbons (Fsp3) is 0. The third-order valence-corrected chi connectivity index (χ3v) is 1.36. The van der Waals surface area contributed by atoms with Gasteiger partial charge in [-0.1, -0.05) is 18.2 Å². The summed E-state index contributed by atoms with van der Waals surface area (Å²) in [5, 5.41) is 0. The van der Waals surface area contributed by atoms with E-state index < -0.39 is 8.25 Å². The number of benzene rings is 1. The molecule has 0 radical (unpaired) electrons. The number of rotatable bonds is 2. The Morgan fingerprint density at radius 3 is 2.40 bits per heavy atom. The number of hydrogen-bond donors (Lipinski definition) is 1. The molecule has 1 N–H and O–H groups in total. The van der Waals surface area contributed by atoms with E-state index in [4.69, 9.17) is 4.89 Å². The van der Waals surface area contributed by atoms with E-state index in [9.17, 15) is 4.57 Å². The highest BCUT2D eigenvalue weighted by molar-refractivity contribution is 7.32. The van der Waals surface area contributed by atoms with Gasteiger partial charge in [0.05, 0.1) is 0 Å². The zero-order valence-electron chi connectivity index (χ0n) is 5.15. The highest BCUT2D eigenvalue weighted by Gasteiger charge is 1.92. The Kier molecular flexibility index (Phi) is 2.49. The Bertz CT molecular complexity index is 222. The molecule has 0 aliphatic rings. The van der Waals surface area contributed by atoms with Crippen LogP contribution in [0.5, 0.6) is 5.75 Å². The Morgan fingerprint density at radius 1 is 1.30 bits per heavy atom. The maximum Gasteiger partial charge on any atom is 0.365 e. The maximum atomic E-state index is 10.1. The summed E-state index contributed by atoms with van der Waals surface area (Å²) in [5.41, 5.74) is 0. The molecule has 0 saturated heterocycles. The molecule has 0 aromatic heterocycles. The molecule has 0 bridgehead atoms. The first kappa shape index (κ1) is 7.32. The Balaban J connectivity index is 2.67. The third kappa shape index (κ3) is 2.21. The molecule has 0 aliphatic carbocycles. The first-order valence-corrected chi connectivity index (χ1v) is 4.01. The first-order chi connectivity index (χ1) is 4.79. The summed E-state index contributed by atoms with van der Waals surface area (Å²) in [5.74, 6) is 0.425. The van der Waals surface area contributed by atoms with E-state index in [2.05, 4.69) is 4.52 Å². The monoisotopic (exact) mass is 158 g/mol. The lowest BCUT2D eigenvalue weighted by atomic mass is 10.3. The summed E-state index contributed by atoms with van der Waals surface area (Å²) in [7, 11) is -2.84. The van der Waals surface area contributed by atoms with Crippen molar-refractivity contribution >= 4 is 8.25 Å². The van der Waals surface area contributed by atoms with Crippen LogP contribution in [0.25, 0.3) is 0 Å². The SMILES string of the molecule is O=[PH](O)Oc1ccccc1. The Hall–Kier alpha value is -0.790. The van der Waals surface area contributed by atoms with E-state index in [1.807, 2.05) is 0 Å². The van der Waals surface area contributed by atoms with Crippen molar-refractivity contribution in [3.05, 3.63) is 30.3 Å². The molecule has 0 saturated carbocycles. The van der Waals surface area contributed by atoms with Gasteiger partial charge in [-0.05, 0) is 12.1 Å². The fourth-order valence-electron chi connectivity index (χ4n) is 0.589. The van der Waals surface area contributed by atoms with Gasteiger partial charge in [-0.3, -0.25) is 0 Å². The lowest BCUT2D eigenvalue weighted by molar-refractivity contribution is 0.410. The Morgan fingerprint density at radius 2 is 1.90 bits per heavy atom. The van der Waals surface area contributed by atoms with Crippen molar-refractivity contribution in [1.82, 2.24) is 0 Å². The minimum atomic E-state index is -2.84. The van der Waals surface area contributed by atoms with Crippen LogP contribution in [0.2, 0.25) is 0 Å². The van der Waals surface area contributed by atoms with Gasteiger partial charge in [-0.2, -0.15) is 0 Å². The van der Waals surface area contributed by atoms with Crippen LogP contribution in [-0.2, 0) is 4.57 Å². The zero-order chi connectivity index (χ0) is 7.40. The van der Waals surface area contributed by atoms with E-state index in [0.717, 1.165) is 0 Å². The van der Waals surface area contributed by atoms with Crippen molar-refractivity contribution in [1.29, 1.82) is 0 Å². The van der Waals surface area contributed by atoms with Gasteiger partial charge in [0.2, 0.25) is 0 Å². The summed E-state index contributed by atoms with van der Waals surface area (Å²) in [6.45, 7) is 0. The van der Waals surface area contributed by atoms with Gasteiger partial charge < -0.3 is 9.42 Å². The highest BCUT2D eigenvalue weighted by atomic mass is 31.1. The quantitative estimate of drug-likeness (QED) is 0.662. The molecule has 1 atom stereocenters. The smallest absolute Gasteiger partial charge is 0.365 e. The zero-order valence-corrected chi connectivity index (χ0v) is 6.15. The van der Waals surface area contributed by atoms with Crippen molar-refractivity contribution in [3.8, 4) is 5.75 Å². The molecule has 4 heteroatoms. The van der Waals surface area contributed by atoms with Crippen LogP contribution in [0.1, 0.15) is 0 Å². The fourth-order valence-corrected chi connectivity index (χ4v) is 0.927. The maximum absolute atomic E-state index is 10.1. The molecule has 1 aromatic rings. The second-order valence-corrected chi connectivity index (χ2v) is 2.42. The van der Waals surface area contributed by atoms with Crippen molar-refractivity contribution in [2.45, 2.75) is 0 Å². The van der Waals surface area contributed by atoms with Crippen molar-refractivity contribution in [2.75, 3.05) is 0 Å². The van der Waals surface area contributed by atoms with Gasteiger partial charge in [0.1, 0.15) is 5.75 Å². The van der Waals surface area contributed by atoms with Crippen LogP contribution >= 0.6 is 8.25 Å². The Labute approximate surface area is 59.2 Å². The third-order valence-electron chi connectivity index (χ3n) is 0.948. The molecule has 0 aliphatic heterocycles. The van der Waals surface area contributed by atoms with Crippen LogP contribution in [-0.4, -0.2) is 4.89 Å². The summed E-state index contributed by atoms with van der Waals surface area (Å²) in [6.07, 6.45) is 0. The van der Waals surface area contributed by atoms with Crippen molar-refractivity contribution < 1.29 is 14.0 Å². The van der Waals surface area contributed by atoms with Crippen LogP contribution < -0.4 is 4.52 Å². The summed E-state index contributed by atoms with van der Waals surface area (Å²) in [4.78, 5) is 8.33. The van der Waals surface area contributed by atoms with Crippen LogP contribution in [0.4, 0.5) is 0 Å². The molecule has 1 unspecified atom stereocenters. The molecule has 10 heavy (non-hydrogen) atoms. The second-order valence-electron chi connectivity index (χ2n) is 1.68. The van der Waals surface area contributed by atoms with Crippen LogP contribution in [0.3, 0.4) is 0 Å². The minimum absolute atomic E-state index is 0.425. The van der Waals surface area contributed by atoms with E-state index in [1.165, 1.54) is 0 Å². The molecule has 3 nitrogen and oxygen atoms in total. The van der Waals surface area contributed by atoms with Gasteiger partial charge in [-0.25, -0.2) is 4.57 Å². The molecule has 0 heterocycles. The standard InChI is InChI=1S/C6H7O3P/c7-10(8)9-6-4-2-1-3-5-6/h1-5,10H,(H,7,8). The summed E-state index contributed by atoms with van der Waals surface area (Å²) >= 11 is 0. The van der Waals surface area contributed by atoms with Crippen molar-refractivity contribution in [2.24, 2.45) is 0 Å². The average molecular weight is 158 g/mol. The first-order valence-electron chi connectivity index (χ1n) is 2.75. The molecule has 0 fully saturated rings. The van der Waals surface area contributed by atoms with E-state index in [-0.39, 0.29) is 0 Å². The summed E-state index contributed by atoms with van der Waals surface area (Å²) < 4.78 is 14.6. The summed E-state index contributed by atoms with van der Waals surface area (Å²) in [6, 6.07) is 8.53. The predicted octanol–water partition coefficient (Wildman–Crippen LogP) is 1.45. The van der Waals surface area contributed by atoms with Crippen LogP contribution in [0, 0.1) is 0 Å². The van der Waals surface area contributed by atoms with Crippen LogP contribution in [0.15, 0.2) is 30.3 Å². The molecule has 0 amide bonds. The van der Waals surface area contributed by atoms with Gasteiger partial charge in [-0.15, -0.1) is 0 Å². The van der Waals surface area contributed by atoms with Crippen molar-refractivity contribution in [3.63, 3.8) is 0 Å². The van der Waals surface area contributed by atoms with Gasteiger partial charge >= 0.3 is 8.25 Å². The molecular formula is C6H7O3P. The minimum Gasteiger partial charge on any atom is -0.426 e. The molecule has 0 spiro atoms. The molecule has 1 aromatic carbocycles. The second kappa shape index (κ2) is 3.40. The largest absolute Gasteiger partial charge is 0.426 e. The average Bonchev–Trinajstić information content (AvgIpc) is 1.88. The topological polar surface area (TPSA) is 46.5 Å². The predicted molar refractivity (Wildman–Crippen MR) is 38.3 cm³/mol. The molecule has 1 rings (SSSR count). The molecule has 54 valence electrons. The van der Waals surface area contributed by atoms with E-state index in [0.29, 0.717) is 5.75 Å². The van der Waals surface area contributed by atoms with Gasteiger partial charge in [0.15, 0.2) is 0 Å².